The second-order valence-electron chi connectivity index (χ2n) is 3.94. The van der Waals surface area contributed by atoms with Crippen molar-refractivity contribution in [1.29, 1.82) is 0 Å². The average molecular weight is 281 g/mol. The number of carbonyl (C=O) groups excluding carboxylic acids is 1. The number of carbonyl (C=O) groups is 1. The molecule has 0 saturated heterocycles. The zero-order chi connectivity index (χ0) is 13.8. The van der Waals surface area contributed by atoms with Gasteiger partial charge in [0, 0.05) is 12.1 Å². The third-order valence-corrected chi connectivity index (χ3v) is 2.83. The molecule has 0 fully saturated rings. The minimum absolute atomic E-state index is 0.176. The number of ether oxygens (including phenoxy) is 1. The predicted octanol–water partition coefficient (Wildman–Crippen LogP) is 1.74. The van der Waals surface area contributed by atoms with E-state index in [1.807, 2.05) is 0 Å². The normalized spacial score (nSPS) is 10.3. The molecule has 1 aromatic heterocycles. The maximum absolute atomic E-state index is 12.3. The molecule has 0 spiro atoms. The summed E-state index contributed by atoms with van der Waals surface area (Å²) in [7, 11) is 3.18. The molecule has 6 nitrogen and oxygen atoms in total. The molecule has 0 unspecified atom stereocenters. The fourth-order valence-corrected chi connectivity index (χ4v) is 1.81. The summed E-state index contributed by atoms with van der Waals surface area (Å²) in [6, 6.07) is 4.90. The fourth-order valence-electron chi connectivity index (χ4n) is 1.65. The Morgan fingerprint density at radius 2 is 2.32 bits per heavy atom. The Hall–Kier alpha value is -2.08. The van der Waals surface area contributed by atoms with E-state index in [2.05, 4.69) is 15.2 Å². The highest BCUT2D eigenvalue weighted by Crippen LogP contribution is 2.24. The number of halogens is 1. The smallest absolute Gasteiger partial charge is 0.257 e. The topological polar surface area (TPSA) is 71.1 Å². The van der Waals surface area contributed by atoms with Crippen LogP contribution < -0.4 is 4.74 Å². The van der Waals surface area contributed by atoms with E-state index in [4.69, 9.17) is 16.3 Å². The minimum Gasteiger partial charge on any atom is -0.496 e. The summed E-state index contributed by atoms with van der Waals surface area (Å²) in [5, 5.41) is 6.96. The van der Waals surface area contributed by atoms with Gasteiger partial charge < -0.3 is 9.64 Å². The Morgan fingerprint density at radius 1 is 1.53 bits per heavy atom. The zero-order valence-electron chi connectivity index (χ0n) is 10.6. The summed E-state index contributed by atoms with van der Waals surface area (Å²) in [6.07, 6.45) is 1.40. The molecule has 1 heterocycles. The van der Waals surface area contributed by atoms with Gasteiger partial charge in [0.25, 0.3) is 5.91 Å². The van der Waals surface area contributed by atoms with Gasteiger partial charge >= 0.3 is 0 Å². The lowest BCUT2D eigenvalue weighted by molar-refractivity contribution is 0.0778. The van der Waals surface area contributed by atoms with E-state index in [1.165, 1.54) is 18.3 Å². The van der Waals surface area contributed by atoms with Crippen LogP contribution in [0.2, 0.25) is 5.02 Å². The van der Waals surface area contributed by atoms with Crippen LogP contribution >= 0.6 is 11.6 Å². The van der Waals surface area contributed by atoms with Crippen molar-refractivity contribution in [1.82, 2.24) is 20.1 Å². The number of rotatable bonds is 4. The molecule has 0 radical (unpaired) electrons. The highest BCUT2D eigenvalue weighted by Gasteiger charge is 2.17. The van der Waals surface area contributed by atoms with Crippen LogP contribution in [0.3, 0.4) is 0 Å². The van der Waals surface area contributed by atoms with E-state index in [-0.39, 0.29) is 5.91 Å². The van der Waals surface area contributed by atoms with Crippen molar-refractivity contribution in [2.24, 2.45) is 0 Å². The number of nitrogens with zero attached hydrogens (tertiary/aromatic N) is 3. The van der Waals surface area contributed by atoms with Crippen LogP contribution in [0.5, 0.6) is 5.75 Å². The molecule has 1 N–H and O–H groups in total. The highest BCUT2D eigenvalue weighted by molar-refractivity contribution is 6.30. The maximum atomic E-state index is 12.3. The number of methoxy groups -OCH3 is 1. The molecule has 0 aliphatic rings. The molecule has 2 aromatic rings. The summed E-state index contributed by atoms with van der Waals surface area (Å²) >= 11 is 5.87. The van der Waals surface area contributed by atoms with Crippen molar-refractivity contribution >= 4 is 17.5 Å². The standard InChI is InChI=1S/C12H13ClN4O2/c1-17(6-11-14-7-15-16-11)12(18)9-4-3-8(13)5-10(9)19-2/h3-5,7H,6H2,1-2H3,(H,14,15,16). The summed E-state index contributed by atoms with van der Waals surface area (Å²) in [4.78, 5) is 17.8. The number of nitrogens with one attached hydrogen (secondary N) is 1. The van der Waals surface area contributed by atoms with Gasteiger partial charge in [0.15, 0.2) is 0 Å². The lowest BCUT2D eigenvalue weighted by Crippen LogP contribution is -2.27. The predicted molar refractivity (Wildman–Crippen MR) is 70.2 cm³/mol. The van der Waals surface area contributed by atoms with E-state index >= 15 is 0 Å². The first-order valence-corrected chi connectivity index (χ1v) is 5.93. The summed E-state index contributed by atoms with van der Waals surface area (Å²) < 4.78 is 5.16. The molecule has 0 atom stereocenters. The third kappa shape index (κ3) is 3.03. The lowest BCUT2D eigenvalue weighted by Gasteiger charge is -2.17. The number of aromatic amines is 1. The van der Waals surface area contributed by atoms with Gasteiger partial charge in [-0.2, -0.15) is 5.10 Å². The molecule has 19 heavy (non-hydrogen) atoms. The average Bonchev–Trinajstić information content (AvgIpc) is 2.90. The summed E-state index contributed by atoms with van der Waals surface area (Å²) in [5.74, 6) is 0.885. The van der Waals surface area contributed by atoms with E-state index < -0.39 is 0 Å². The van der Waals surface area contributed by atoms with Gasteiger partial charge in [0.2, 0.25) is 0 Å². The third-order valence-electron chi connectivity index (χ3n) is 2.59. The molecule has 0 bridgehead atoms. The maximum Gasteiger partial charge on any atom is 0.257 e. The zero-order valence-corrected chi connectivity index (χ0v) is 11.3. The first-order valence-electron chi connectivity index (χ1n) is 5.55. The van der Waals surface area contributed by atoms with Gasteiger partial charge in [-0.05, 0) is 18.2 Å². The van der Waals surface area contributed by atoms with Gasteiger partial charge in [-0.15, -0.1) is 0 Å². The van der Waals surface area contributed by atoms with Gasteiger partial charge in [0.05, 0.1) is 19.2 Å². The van der Waals surface area contributed by atoms with E-state index in [0.717, 1.165) is 0 Å². The number of H-pyrrole nitrogens is 1. The molecule has 0 aliphatic heterocycles. The molecule has 0 saturated carbocycles. The van der Waals surface area contributed by atoms with Crippen molar-refractivity contribution in [2.45, 2.75) is 6.54 Å². The number of hydrogen-bond acceptors (Lipinski definition) is 4. The Balaban J connectivity index is 2.19. The van der Waals surface area contributed by atoms with Crippen LogP contribution in [-0.2, 0) is 6.54 Å². The summed E-state index contributed by atoms with van der Waals surface area (Å²) in [6.45, 7) is 0.338. The first-order chi connectivity index (χ1) is 9.11. The number of benzene rings is 1. The fraction of sp³-hybridized carbons (Fsp3) is 0.250. The number of aromatic nitrogens is 3. The minimum atomic E-state index is -0.176. The van der Waals surface area contributed by atoms with Crippen molar-refractivity contribution in [2.75, 3.05) is 14.2 Å². The van der Waals surface area contributed by atoms with Crippen LogP contribution in [-0.4, -0.2) is 40.1 Å². The van der Waals surface area contributed by atoms with Gasteiger partial charge in [-0.1, -0.05) is 11.6 Å². The van der Waals surface area contributed by atoms with Gasteiger partial charge in [0.1, 0.15) is 17.9 Å². The van der Waals surface area contributed by atoms with Crippen LogP contribution in [0.1, 0.15) is 16.2 Å². The van der Waals surface area contributed by atoms with Crippen molar-refractivity contribution in [3.05, 3.63) is 40.9 Å². The van der Waals surface area contributed by atoms with Crippen LogP contribution in [0.15, 0.2) is 24.5 Å². The van der Waals surface area contributed by atoms with E-state index in [1.54, 1.807) is 25.2 Å². The van der Waals surface area contributed by atoms with Crippen molar-refractivity contribution in [3.8, 4) is 5.75 Å². The summed E-state index contributed by atoms with van der Waals surface area (Å²) in [5.41, 5.74) is 0.453. The van der Waals surface area contributed by atoms with Crippen molar-refractivity contribution in [3.63, 3.8) is 0 Å². The number of hydrogen-bond donors (Lipinski definition) is 1. The molecular weight excluding hydrogens is 268 g/mol. The van der Waals surface area contributed by atoms with Crippen LogP contribution in [0.4, 0.5) is 0 Å². The van der Waals surface area contributed by atoms with Crippen LogP contribution in [0.25, 0.3) is 0 Å². The Labute approximate surface area is 115 Å². The van der Waals surface area contributed by atoms with E-state index in [9.17, 15) is 4.79 Å². The SMILES string of the molecule is COc1cc(Cl)ccc1C(=O)N(C)Cc1ncn[nH]1. The first kappa shape index (κ1) is 13.4. The van der Waals surface area contributed by atoms with E-state index in [0.29, 0.717) is 28.7 Å². The molecule has 1 amide bonds. The molecule has 0 aliphatic carbocycles. The van der Waals surface area contributed by atoms with Gasteiger partial charge in [-0.3, -0.25) is 9.89 Å². The lowest BCUT2D eigenvalue weighted by atomic mass is 10.1. The molecule has 1 aromatic carbocycles. The molecule has 100 valence electrons. The quantitative estimate of drug-likeness (QED) is 0.926. The Bertz CT molecular complexity index is 571. The number of amides is 1. The highest BCUT2D eigenvalue weighted by atomic mass is 35.5. The monoisotopic (exact) mass is 280 g/mol. The van der Waals surface area contributed by atoms with Crippen molar-refractivity contribution < 1.29 is 9.53 Å². The largest absolute Gasteiger partial charge is 0.496 e. The second kappa shape index (κ2) is 5.71. The molecule has 2 rings (SSSR count). The Morgan fingerprint density at radius 3 is 2.95 bits per heavy atom. The second-order valence-corrected chi connectivity index (χ2v) is 4.37. The van der Waals surface area contributed by atoms with Gasteiger partial charge in [-0.25, -0.2) is 4.98 Å². The molecular formula is C12H13ClN4O2. The molecule has 7 heteroatoms. The Kier molecular flexibility index (Phi) is 4.01. The van der Waals surface area contributed by atoms with Crippen LogP contribution in [0, 0.1) is 0 Å².